The highest BCUT2D eigenvalue weighted by Crippen LogP contribution is 2.06. The first-order chi connectivity index (χ1) is 10.1. The summed E-state index contributed by atoms with van der Waals surface area (Å²) in [5, 5.41) is 12.2. The molecule has 0 spiro atoms. The van der Waals surface area contributed by atoms with Crippen molar-refractivity contribution in [2.24, 2.45) is 0 Å². The van der Waals surface area contributed by atoms with Crippen molar-refractivity contribution in [1.29, 1.82) is 0 Å². The third kappa shape index (κ3) is 5.00. The Morgan fingerprint density at radius 3 is 2.62 bits per heavy atom. The summed E-state index contributed by atoms with van der Waals surface area (Å²) in [7, 11) is 0. The molecule has 0 saturated carbocycles. The van der Waals surface area contributed by atoms with E-state index in [0.29, 0.717) is 12.6 Å². The number of benzene rings is 1. The van der Waals surface area contributed by atoms with Crippen LogP contribution in [0.5, 0.6) is 0 Å². The van der Waals surface area contributed by atoms with Crippen molar-refractivity contribution in [2.45, 2.75) is 32.4 Å². The summed E-state index contributed by atoms with van der Waals surface area (Å²) in [6.07, 6.45) is 3.49. The minimum absolute atomic E-state index is 0.218. The number of carboxylic acid groups (broad SMARTS) is 1. The fourth-order valence-electron chi connectivity index (χ4n) is 2.06. The number of pyridine rings is 1. The average Bonchev–Trinajstić information content (AvgIpc) is 2.52. The van der Waals surface area contributed by atoms with Crippen LogP contribution in [0, 0.1) is 0 Å². The molecule has 0 aliphatic heterocycles. The first kappa shape index (κ1) is 15.2. The number of aryl methyl sites for hydroxylation is 1. The summed E-state index contributed by atoms with van der Waals surface area (Å²) in [5.41, 5.74) is 2.41. The highest BCUT2D eigenvalue weighted by atomic mass is 16.4. The number of carbonyl (C=O) groups is 1. The van der Waals surface area contributed by atoms with E-state index in [9.17, 15) is 4.79 Å². The van der Waals surface area contributed by atoms with Crippen molar-refractivity contribution in [1.82, 2.24) is 10.3 Å². The summed E-state index contributed by atoms with van der Waals surface area (Å²) in [4.78, 5) is 14.9. The molecule has 0 aliphatic rings. The maximum absolute atomic E-state index is 10.7. The average molecular weight is 284 g/mol. The first-order valence-electron chi connectivity index (χ1n) is 7.10. The normalized spacial score (nSPS) is 12.0. The second-order valence-electron chi connectivity index (χ2n) is 5.15. The van der Waals surface area contributed by atoms with Gasteiger partial charge in [-0.05, 0) is 37.5 Å². The topological polar surface area (TPSA) is 62.2 Å². The van der Waals surface area contributed by atoms with Gasteiger partial charge in [-0.15, -0.1) is 0 Å². The molecule has 1 atom stereocenters. The van der Waals surface area contributed by atoms with Crippen molar-refractivity contribution < 1.29 is 9.90 Å². The molecule has 0 saturated heterocycles. The van der Waals surface area contributed by atoms with Gasteiger partial charge in [0.1, 0.15) is 0 Å². The van der Waals surface area contributed by atoms with Gasteiger partial charge in [0.05, 0.1) is 11.3 Å². The Hall–Kier alpha value is -2.20. The van der Waals surface area contributed by atoms with Crippen molar-refractivity contribution in [3.8, 4) is 0 Å². The molecule has 1 aromatic carbocycles. The molecule has 0 aliphatic carbocycles. The quantitative estimate of drug-likeness (QED) is 0.820. The SMILES string of the molecule is CC(CCc1ccccc1)NCc1ccc(C(=O)O)cn1. The Morgan fingerprint density at radius 1 is 1.24 bits per heavy atom. The zero-order chi connectivity index (χ0) is 15.1. The molecule has 0 amide bonds. The van der Waals surface area contributed by atoms with Crippen molar-refractivity contribution in [3.05, 3.63) is 65.5 Å². The van der Waals surface area contributed by atoms with Gasteiger partial charge in [0.25, 0.3) is 0 Å². The minimum atomic E-state index is -0.946. The molecule has 1 heterocycles. The Labute approximate surface area is 124 Å². The predicted molar refractivity (Wildman–Crippen MR) is 82.3 cm³/mol. The zero-order valence-corrected chi connectivity index (χ0v) is 12.1. The fraction of sp³-hybridized carbons (Fsp3) is 0.294. The summed E-state index contributed by atoms with van der Waals surface area (Å²) in [5.74, 6) is -0.946. The number of carboxylic acids is 1. The Bertz CT molecular complexity index is 567. The van der Waals surface area contributed by atoms with Crippen molar-refractivity contribution >= 4 is 5.97 Å². The highest BCUT2D eigenvalue weighted by Gasteiger charge is 2.05. The van der Waals surface area contributed by atoms with Crippen LogP contribution in [-0.2, 0) is 13.0 Å². The lowest BCUT2D eigenvalue weighted by atomic mass is 10.1. The van der Waals surface area contributed by atoms with E-state index in [1.807, 2.05) is 6.07 Å². The molecule has 0 radical (unpaired) electrons. The van der Waals surface area contributed by atoms with Crippen molar-refractivity contribution in [2.75, 3.05) is 0 Å². The van der Waals surface area contributed by atoms with E-state index in [1.165, 1.54) is 11.8 Å². The van der Waals surface area contributed by atoms with Crippen LogP contribution in [0.1, 0.15) is 35.0 Å². The zero-order valence-electron chi connectivity index (χ0n) is 12.1. The second-order valence-corrected chi connectivity index (χ2v) is 5.15. The molecular weight excluding hydrogens is 264 g/mol. The van der Waals surface area contributed by atoms with E-state index in [1.54, 1.807) is 12.1 Å². The fourth-order valence-corrected chi connectivity index (χ4v) is 2.06. The Kier molecular flexibility index (Phi) is 5.46. The van der Waals surface area contributed by atoms with Gasteiger partial charge in [0.15, 0.2) is 0 Å². The van der Waals surface area contributed by atoms with Gasteiger partial charge in [-0.25, -0.2) is 4.79 Å². The molecule has 0 fully saturated rings. The number of aromatic nitrogens is 1. The van der Waals surface area contributed by atoms with Crippen LogP contribution in [0.25, 0.3) is 0 Å². The van der Waals surface area contributed by atoms with E-state index in [0.717, 1.165) is 18.5 Å². The van der Waals surface area contributed by atoms with E-state index < -0.39 is 5.97 Å². The number of nitrogens with one attached hydrogen (secondary N) is 1. The van der Waals surface area contributed by atoms with Crippen LogP contribution in [0.3, 0.4) is 0 Å². The monoisotopic (exact) mass is 284 g/mol. The third-order valence-corrected chi connectivity index (χ3v) is 3.41. The van der Waals surface area contributed by atoms with Crippen molar-refractivity contribution in [3.63, 3.8) is 0 Å². The van der Waals surface area contributed by atoms with Gasteiger partial charge in [-0.2, -0.15) is 0 Å². The number of rotatable bonds is 7. The van der Waals surface area contributed by atoms with E-state index in [2.05, 4.69) is 41.5 Å². The molecule has 21 heavy (non-hydrogen) atoms. The van der Waals surface area contributed by atoms with Gasteiger partial charge in [-0.3, -0.25) is 4.98 Å². The van der Waals surface area contributed by atoms with Crippen LogP contribution in [0.4, 0.5) is 0 Å². The molecular formula is C17H20N2O2. The number of hydrogen-bond donors (Lipinski definition) is 2. The molecule has 1 aromatic heterocycles. The summed E-state index contributed by atoms with van der Waals surface area (Å²) in [6, 6.07) is 14.1. The van der Waals surface area contributed by atoms with Crippen LogP contribution in [0.2, 0.25) is 0 Å². The molecule has 0 bridgehead atoms. The summed E-state index contributed by atoms with van der Waals surface area (Å²) < 4.78 is 0. The smallest absolute Gasteiger partial charge is 0.337 e. The molecule has 1 unspecified atom stereocenters. The number of hydrogen-bond acceptors (Lipinski definition) is 3. The van der Waals surface area contributed by atoms with Gasteiger partial charge >= 0.3 is 5.97 Å². The molecule has 4 nitrogen and oxygen atoms in total. The van der Waals surface area contributed by atoms with E-state index in [4.69, 9.17) is 5.11 Å². The van der Waals surface area contributed by atoms with Crippen LogP contribution < -0.4 is 5.32 Å². The largest absolute Gasteiger partial charge is 0.478 e. The minimum Gasteiger partial charge on any atom is -0.478 e. The summed E-state index contributed by atoms with van der Waals surface area (Å²) in [6.45, 7) is 2.80. The van der Waals surface area contributed by atoms with E-state index >= 15 is 0 Å². The lowest BCUT2D eigenvalue weighted by Crippen LogP contribution is -2.26. The lowest BCUT2D eigenvalue weighted by molar-refractivity contribution is 0.0696. The molecule has 2 rings (SSSR count). The van der Waals surface area contributed by atoms with Crippen LogP contribution in [-0.4, -0.2) is 22.1 Å². The molecule has 110 valence electrons. The third-order valence-electron chi connectivity index (χ3n) is 3.41. The number of aromatic carboxylic acids is 1. The van der Waals surface area contributed by atoms with Crippen LogP contribution in [0.15, 0.2) is 48.7 Å². The lowest BCUT2D eigenvalue weighted by Gasteiger charge is -2.13. The summed E-state index contributed by atoms with van der Waals surface area (Å²) >= 11 is 0. The molecule has 2 aromatic rings. The molecule has 4 heteroatoms. The second kappa shape index (κ2) is 7.55. The molecule has 2 N–H and O–H groups in total. The van der Waals surface area contributed by atoms with Gasteiger partial charge in [0, 0.05) is 18.8 Å². The Balaban J connectivity index is 1.75. The predicted octanol–water partition coefficient (Wildman–Crippen LogP) is 2.89. The standard InChI is InChI=1S/C17H20N2O2/c1-13(7-8-14-5-3-2-4-6-14)18-12-16-10-9-15(11-19-16)17(20)21/h2-6,9-11,13,18H,7-8,12H2,1H3,(H,20,21). The first-order valence-corrected chi connectivity index (χ1v) is 7.10. The Morgan fingerprint density at radius 2 is 2.00 bits per heavy atom. The van der Waals surface area contributed by atoms with Crippen LogP contribution >= 0.6 is 0 Å². The van der Waals surface area contributed by atoms with E-state index in [-0.39, 0.29) is 5.56 Å². The highest BCUT2D eigenvalue weighted by molar-refractivity contribution is 5.87. The maximum Gasteiger partial charge on any atom is 0.337 e. The number of nitrogens with zero attached hydrogens (tertiary/aromatic N) is 1. The maximum atomic E-state index is 10.7. The van der Waals surface area contributed by atoms with Gasteiger partial charge in [0.2, 0.25) is 0 Å². The van der Waals surface area contributed by atoms with Gasteiger partial charge in [-0.1, -0.05) is 30.3 Å². The van der Waals surface area contributed by atoms with Gasteiger partial charge < -0.3 is 10.4 Å².